The lowest BCUT2D eigenvalue weighted by Crippen LogP contribution is -2.44. The molecule has 1 fully saturated rings. The number of pyridine rings is 1. The van der Waals surface area contributed by atoms with E-state index >= 15 is 0 Å². The molecule has 34 heavy (non-hydrogen) atoms. The molecule has 2 aromatic rings. The molecule has 0 radical (unpaired) electrons. The quantitative estimate of drug-likeness (QED) is 0.512. The highest BCUT2D eigenvalue weighted by molar-refractivity contribution is 6.01. The molecule has 0 aromatic carbocycles. The SMILES string of the molecule is COC1CCC(CN2C(=O)CNc3ncc(-c4cnc(C(=O)N=CN(C)C)cc4C)nc32)CC1. The molecule has 1 aliphatic heterocycles. The molecule has 3 heterocycles. The van der Waals surface area contributed by atoms with Crippen molar-refractivity contribution in [2.75, 3.05) is 44.5 Å². The van der Waals surface area contributed by atoms with Gasteiger partial charge in [0.2, 0.25) is 5.91 Å². The number of methoxy groups -OCH3 is 1. The number of carbonyl (C=O) groups is 2. The Balaban J connectivity index is 1.57. The number of aromatic nitrogens is 3. The normalized spacial score (nSPS) is 20.2. The van der Waals surface area contributed by atoms with Crippen molar-refractivity contribution in [1.82, 2.24) is 19.9 Å². The van der Waals surface area contributed by atoms with Gasteiger partial charge < -0.3 is 15.0 Å². The fraction of sp³-hybridized carbons (Fsp3) is 0.500. The molecule has 1 saturated carbocycles. The van der Waals surface area contributed by atoms with Crippen LogP contribution in [0.5, 0.6) is 0 Å². The first-order chi connectivity index (χ1) is 16.4. The Labute approximate surface area is 199 Å². The van der Waals surface area contributed by atoms with Gasteiger partial charge in [0.1, 0.15) is 5.69 Å². The first-order valence-corrected chi connectivity index (χ1v) is 11.5. The molecule has 2 aromatic heterocycles. The molecule has 0 unspecified atom stereocenters. The van der Waals surface area contributed by atoms with E-state index in [9.17, 15) is 9.59 Å². The maximum atomic E-state index is 12.8. The van der Waals surface area contributed by atoms with Crippen LogP contribution in [0.15, 0.2) is 23.5 Å². The van der Waals surface area contributed by atoms with E-state index in [0.717, 1.165) is 36.8 Å². The van der Waals surface area contributed by atoms with Crippen molar-refractivity contribution in [3.05, 3.63) is 29.7 Å². The molecular formula is C24H31N7O3. The van der Waals surface area contributed by atoms with Crippen molar-refractivity contribution >= 4 is 29.8 Å². The number of carbonyl (C=O) groups excluding carboxylic acids is 2. The van der Waals surface area contributed by atoms with E-state index < -0.39 is 5.91 Å². The second-order valence-electron chi connectivity index (χ2n) is 9.06. The van der Waals surface area contributed by atoms with E-state index in [0.29, 0.717) is 35.9 Å². The number of hydrogen-bond acceptors (Lipinski definition) is 7. The van der Waals surface area contributed by atoms with Gasteiger partial charge in [0.25, 0.3) is 5.91 Å². The number of nitrogens with one attached hydrogen (secondary N) is 1. The summed E-state index contributed by atoms with van der Waals surface area (Å²) < 4.78 is 5.48. The largest absolute Gasteiger partial charge is 0.381 e. The summed E-state index contributed by atoms with van der Waals surface area (Å²) in [7, 11) is 5.34. The maximum absolute atomic E-state index is 12.8. The molecule has 10 heteroatoms. The van der Waals surface area contributed by atoms with Gasteiger partial charge in [0.05, 0.1) is 30.9 Å². The molecule has 1 aliphatic carbocycles. The van der Waals surface area contributed by atoms with Gasteiger partial charge in [-0.15, -0.1) is 0 Å². The summed E-state index contributed by atoms with van der Waals surface area (Å²) in [6.07, 6.45) is 9.09. The number of aryl methyl sites for hydroxylation is 1. The molecular weight excluding hydrogens is 434 g/mol. The Morgan fingerprint density at radius 1 is 1.26 bits per heavy atom. The van der Waals surface area contributed by atoms with Crippen LogP contribution in [-0.2, 0) is 9.53 Å². The Morgan fingerprint density at radius 2 is 2.03 bits per heavy atom. The van der Waals surface area contributed by atoms with Crippen LogP contribution < -0.4 is 10.2 Å². The van der Waals surface area contributed by atoms with E-state index in [4.69, 9.17) is 9.72 Å². The summed E-state index contributed by atoms with van der Waals surface area (Å²) in [6.45, 7) is 2.72. The number of anilines is 2. The zero-order chi connectivity index (χ0) is 24.2. The van der Waals surface area contributed by atoms with Crippen molar-refractivity contribution in [3.63, 3.8) is 0 Å². The van der Waals surface area contributed by atoms with Gasteiger partial charge >= 0.3 is 0 Å². The summed E-state index contributed by atoms with van der Waals surface area (Å²) >= 11 is 0. The van der Waals surface area contributed by atoms with Crippen molar-refractivity contribution in [3.8, 4) is 11.3 Å². The molecule has 1 N–H and O–H groups in total. The van der Waals surface area contributed by atoms with E-state index in [1.54, 1.807) is 49.5 Å². The summed E-state index contributed by atoms with van der Waals surface area (Å²) in [5.41, 5.74) is 2.44. The van der Waals surface area contributed by atoms with Crippen LogP contribution in [0.3, 0.4) is 0 Å². The van der Waals surface area contributed by atoms with E-state index in [1.807, 2.05) is 6.92 Å². The number of hydrogen-bond donors (Lipinski definition) is 1. The van der Waals surface area contributed by atoms with Gasteiger partial charge in [-0.25, -0.2) is 9.97 Å². The van der Waals surface area contributed by atoms with Crippen LogP contribution >= 0.6 is 0 Å². The van der Waals surface area contributed by atoms with Gasteiger partial charge in [0.15, 0.2) is 11.6 Å². The van der Waals surface area contributed by atoms with Crippen LogP contribution in [0.25, 0.3) is 11.3 Å². The van der Waals surface area contributed by atoms with Crippen LogP contribution in [0.1, 0.15) is 41.7 Å². The van der Waals surface area contributed by atoms with Crippen molar-refractivity contribution in [2.24, 2.45) is 10.9 Å². The number of nitrogens with zero attached hydrogens (tertiary/aromatic N) is 6. The highest BCUT2D eigenvalue weighted by Gasteiger charge is 2.31. The molecule has 0 atom stereocenters. The number of aliphatic imine (C=N–C) groups is 1. The molecule has 10 nitrogen and oxygen atoms in total. The number of amides is 2. The lowest BCUT2D eigenvalue weighted by Gasteiger charge is -2.34. The van der Waals surface area contributed by atoms with Crippen LogP contribution in [-0.4, -0.2) is 78.4 Å². The minimum Gasteiger partial charge on any atom is -0.381 e. The second kappa shape index (κ2) is 10.3. The van der Waals surface area contributed by atoms with Gasteiger partial charge in [0, 0.05) is 39.5 Å². The minimum atomic E-state index is -0.413. The fourth-order valence-corrected chi connectivity index (χ4v) is 4.37. The molecule has 2 aliphatic rings. The van der Waals surface area contributed by atoms with Crippen molar-refractivity contribution < 1.29 is 14.3 Å². The smallest absolute Gasteiger partial charge is 0.296 e. The molecule has 2 amide bonds. The number of fused-ring (bicyclic) bond motifs is 1. The molecule has 0 bridgehead atoms. The van der Waals surface area contributed by atoms with E-state index in [2.05, 4.69) is 20.3 Å². The third kappa shape index (κ3) is 5.22. The van der Waals surface area contributed by atoms with Crippen LogP contribution in [0.2, 0.25) is 0 Å². The van der Waals surface area contributed by atoms with Gasteiger partial charge in [-0.05, 0) is 50.2 Å². The van der Waals surface area contributed by atoms with Crippen molar-refractivity contribution in [1.29, 1.82) is 0 Å². The van der Waals surface area contributed by atoms with Gasteiger partial charge in [-0.1, -0.05) is 0 Å². The van der Waals surface area contributed by atoms with E-state index in [-0.39, 0.29) is 18.1 Å². The minimum absolute atomic E-state index is 0.0117. The summed E-state index contributed by atoms with van der Waals surface area (Å²) in [5.74, 6) is 1.12. The highest BCUT2D eigenvalue weighted by Crippen LogP contribution is 2.33. The summed E-state index contributed by atoms with van der Waals surface area (Å²) in [5, 5.41) is 3.07. The lowest BCUT2D eigenvalue weighted by atomic mass is 9.87. The number of rotatable bonds is 6. The summed E-state index contributed by atoms with van der Waals surface area (Å²) in [6, 6.07) is 1.70. The zero-order valence-electron chi connectivity index (χ0n) is 20.1. The highest BCUT2D eigenvalue weighted by atomic mass is 16.5. The van der Waals surface area contributed by atoms with Gasteiger partial charge in [-0.2, -0.15) is 4.99 Å². The van der Waals surface area contributed by atoms with Gasteiger partial charge in [-0.3, -0.25) is 19.5 Å². The average Bonchev–Trinajstić information content (AvgIpc) is 2.84. The average molecular weight is 466 g/mol. The first kappa shape index (κ1) is 23.7. The Hall–Kier alpha value is -3.40. The Bertz CT molecular complexity index is 1090. The van der Waals surface area contributed by atoms with Crippen LogP contribution in [0.4, 0.5) is 11.6 Å². The van der Waals surface area contributed by atoms with Crippen molar-refractivity contribution in [2.45, 2.75) is 38.7 Å². The fourth-order valence-electron chi connectivity index (χ4n) is 4.37. The van der Waals surface area contributed by atoms with E-state index in [1.165, 1.54) is 6.34 Å². The molecule has 180 valence electrons. The Morgan fingerprint density at radius 3 is 2.71 bits per heavy atom. The molecule has 4 rings (SSSR count). The third-order valence-electron chi connectivity index (χ3n) is 6.30. The number of ether oxygens (including phenoxy) is 1. The molecule has 0 spiro atoms. The Kier molecular flexibility index (Phi) is 7.16. The zero-order valence-corrected chi connectivity index (χ0v) is 20.1. The first-order valence-electron chi connectivity index (χ1n) is 11.5. The lowest BCUT2D eigenvalue weighted by molar-refractivity contribution is -0.117. The monoisotopic (exact) mass is 465 g/mol. The topological polar surface area (TPSA) is 113 Å². The predicted octanol–water partition coefficient (Wildman–Crippen LogP) is 2.54. The maximum Gasteiger partial charge on any atom is 0.296 e. The standard InChI is InChI=1S/C24H31N7O3/c1-15-9-19(24(33)28-14-30(2)3)25-10-18(15)20-11-26-22-23(29-20)31(21(32)12-27-22)13-16-5-7-17(34-4)8-6-16/h9-11,14,16-17H,5-8,12-13H2,1-4H3,(H,26,27). The third-order valence-corrected chi connectivity index (χ3v) is 6.30. The summed E-state index contributed by atoms with van der Waals surface area (Å²) in [4.78, 5) is 46.0. The predicted molar refractivity (Wildman–Crippen MR) is 130 cm³/mol. The van der Waals surface area contributed by atoms with Crippen LogP contribution in [0, 0.1) is 12.8 Å². The second-order valence-corrected chi connectivity index (χ2v) is 9.06. The molecule has 0 saturated heterocycles.